The maximum absolute atomic E-state index is 5.83. The average molecular weight is 340 g/mol. The molecule has 0 aromatic heterocycles. The number of nitrogens with one attached hydrogen (secondary N) is 1. The van der Waals surface area contributed by atoms with E-state index in [9.17, 15) is 0 Å². The van der Waals surface area contributed by atoms with E-state index < -0.39 is 0 Å². The molecule has 1 fully saturated rings. The van der Waals surface area contributed by atoms with Crippen molar-refractivity contribution < 1.29 is 4.74 Å². The molecule has 0 radical (unpaired) electrons. The highest BCUT2D eigenvalue weighted by molar-refractivity contribution is 9.10. The number of hydrogen-bond donors (Lipinski definition) is 1. The quantitative estimate of drug-likeness (QED) is 0.762. The molecule has 20 heavy (non-hydrogen) atoms. The number of benzene rings is 1. The summed E-state index contributed by atoms with van der Waals surface area (Å²) in [4.78, 5) is 0. The van der Waals surface area contributed by atoms with Gasteiger partial charge in [0.15, 0.2) is 0 Å². The minimum absolute atomic E-state index is 0.496. The number of halogens is 1. The first-order valence-electron chi connectivity index (χ1n) is 7.75. The van der Waals surface area contributed by atoms with Crippen LogP contribution in [0.15, 0.2) is 22.7 Å². The zero-order valence-electron chi connectivity index (χ0n) is 12.7. The van der Waals surface area contributed by atoms with E-state index >= 15 is 0 Å². The van der Waals surface area contributed by atoms with Gasteiger partial charge in [-0.3, -0.25) is 0 Å². The van der Waals surface area contributed by atoms with Gasteiger partial charge >= 0.3 is 0 Å². The fraction of sp³-hybridized carbons (Fsp3) is 0.647. The minimum atomic E-state index is 0.496. The second kappa shape index (κ2) is 7.46. The predicted octanol–water partition coefficient (Wildman–Crippen LogP) is 4.91. The fourth-order valence-corrected chi connectivity index (χ4v) is 3.35. The third kappa shape index (κ3) is 4.49. The fourth-order valence-electron chi connectivity index (χ4n) is 2.94. The van der Waals surface area contributed by atoms with Crippen LogP contribution in [0.4, 0.5) is 0 Å². The normalized spacial score (nSPS) is 17.4. The molecule has 0 atom stereocenters. The minimum Gasteiger partial charge on any atom is -0.493 e. The number of hydrogen-bond acceptors (Lipinski definition) is 2. The van der Waals surface area contributed by atoms with Crippen LogP contribution in [0.1, 0.15) is 51.5 Å². The Bertz CT molecular complexity index is 427. The molecule has 0 bridgehead atoms. The molecule has 1 aromatic rings. The lowest BCUT2D eigenvalue weighted by atomic mass is 9.89. The van der Waals surface area contributed by atoms with Gasteiger partial charge in [-0.25, -0.2) is 0 Å². The summed E-state index contributed by atoms with van der Waals surface area (Å²) in [5.74, 6) is 1.01. The van der Waals surface area contributed by atoms with Crippen LogP contribution < -0.4 is 10.1 Å². The SMILES string of the molecule is CCCOc1ccc(Br)cc1CNCC1(C)CCCC1. The van der Waals surface area contributed by atoms with Gasteiger partial charge < -0.3 is 10.1 Å². The highest BCUT2D eigenvalue weighted by Gasteiger charge is 2.27. The van der Waals surface area contributed by atoms with Crippen LogP contribution in [0.3, 0.4) is 0 Å². The zero-order valence-corrected chi connectivity index (χ0v) is 14.3. The van der Waals surface area contributed by atoms with Crippen LogP contribution in [0, 0.1) is 5.41 Å². The smallest absolute Gasteiger partial charge is 0.123 e. The van der Waals surface area contributed by atoms with Gasteiger partial charge in [0.2, 0.25) is 0 Å². The van der Waals surface area contributed by atoms with E-state index in [1.807, 2.05) is 6.07 Å². The molecule has 1 N–H and O–H groups in total. The number of rotatable bonds is 7. The molecule has 1 aromatic carbocycles. The van der Waals surface area contributed by atoms with Crippen molar-refractivity contribution in [2.75, 3.05) is 13.2 Å². The van der Waals surface area contributed by atoms with Crippen LogP contribution in [-0.2, 0) is 6.54 Å². The Morgan fingerprint density at radius 1 is 1.30 bits per heavy atom. The van der Waals surface area contributed by atoms with Crippen LogP contribution in [0.2, 0.25) is 0 Å². The van der Waals surface area contributed by atoms with Gasteiger partial charge in [0.25, 0.3) is 0 Å². The molecular formula is C17H26BrNO. The second-order valence-corrected chi connectivity index (χ2v) is 7.14. The molecule has 0 amide bonds. The first-order valence-corrected chi connectivity index (χ1v) is 8.54. The first-order chi connectivity index (χ1) is 9.63. The Balaban J connectivity index is 1.91. The predicted molar refractivity (Wildman–Crippen MR) is 88.2 cm³/mol. The Kier molecular flexibility index (Phi) is 5.91. The molecule has 0 spiro atoms. The third-order valence-electron chi connectivity index (χ3n) is 4.16. The van der Waals surface area contributed by atoms with Gasteiger partial charge in [-0.05, 0) is 42.9 Å². The van der Waals surface area contributed by atoms with Crippen molar-refractivity contribution in [1.29, 1.82) is 0 Å². The van der Waals surface area contributed by atoms with Gasteiger partial charge in [-0.2, -0.15) is 0 Å². The Hall–Kier alpha value is -0.540. The zero-order chi connectivity index (χ0) is 14.4. The summed E-state index contributed by atoms with van der Waals surface area (Å²) in [5, 5.41) is 3.63. The summed E-state index contributed by atoms with van der Waals surface area (Å²) in [7, 11) is 0. The topological polar surface area (TPSA) is 21.3 Å². The lowest BCUT2D eigenvalue weighted by Gasteiger charge is -2.24. The molecule has 0 unspecified atom stereocenters. The molecule has 1 aliphatic rings. The van der Waals surface area contributed by atoms with Gasteiger partial charge in [0, 0.05) is 23.1 Å². The summed E-state index contributed by atoms with van der Waals surface area (Å²) < 4.78 is 6.94. The molecule has 0 saturated heterocycles. The first kappa shape index (κ1) is 15.8. The van der Waals surface area contributed by atoms with Gasteiger partial charge in [0.1, 0.15) is 5.75 Å². The lowest BCUT2D eigenvalue weighted by Crippen LogP contribution is -2.29. The molecule has 2 nitrogen and oxygen atoms in total. The lowest BCUT2D eigenvalue weighted by molar-refractivity contribution is 0.303. The van der Waals surface area contributed by atoms with Crippen molar-refractivity contribution in [3.63, 3.8) is 0 Å². The molecule has 112 valence electrons. The Morgan fingerprint density at radius 3 is 2.75 bits per heavy atom. The summed E-state index contributed by atoms with van der Waals surface area (Å²) in [6.45, 7) is 7.31. The Labute approximate surface area is 131 Å². The van der Waals surface area contributed by atoms with Crippen molar-refractivity contribution in [2.45, 2.75) is 52.5 Å². The molecule has 3 heteroatoms. The van der Waals surface area contributed by atoms with Gasteiger partial charge in [-0.1, -0.05) is 42.6 Å². The van der Waals surface area contributed by atoms with Crippen LogP contribution >= 0.6 is 15.9 Å². The van der Waals surface area contributed by atoms with Crippen LogP contribution in [-0.4, -0.2) is 13.2 Å². The van der Waals surface area contributed by atoms with E-state index in [4.69, 9.17) is 4.74 Å². The maximum Gasteiger partial charge on any atom is 0.123 e. The van der Waals surface area contributed by atoms with Crippen molar-refractivity contribution in [3.8, 4) is 5.75 Å². The molecule has 0 heterocycles. The standard InChI is InChI=1S/C17H26BrNO/c1-3-10-20-16-7-6-15(18)11-14(16)12-19-13-17(2)8-4-5-9-17/h6-7,11,19H,3-5,8-10,12-13H2,1-2H3. The molecule has 0 aliphatic heterocycles. The summed E-state index contributed by atoms with van der Waals surface area (Å²) in [6, 6.07) is 6.27. The Morgan fingerprint density at radius 2 is 2.05 bits per heavy atom. The molecule has 1 aliphatic carbocycles. The molecule has 1 saturated carbocycles. The van der Waals surface area contributed by atoms with Gasteiger partial charge in [-0.15, -0.1) is 0 Å². The van der Waals surface area contributed by atoms with Crippen molar-refractivity contribution in [2.24, 2.45) is 5.41 Å². The summed E-state index contributed by atoms with van der Waals surface area (Å²) in [6.07, 6.45) is 6.54. The largest absolute Gasteiger partial charge is 0.493 e. The van der Waals surface area contributed by atoms with Crippen molar-refractivity contribution >= 4 is 15.9 Å². The van der Waals surface area contributed by atoms with E-state index in [0.717, 1.165) is 36.3 Å². The maximum atomic E-state index is 5.83. The highest BCUT2D eigenvalue weighted by atomic mass is 79.9. The average Bonchev–Trinajstić information content (AvgIpc) is 2.85. The molecular weight excluding hydrogens is 314 g/mol. The van der Waals surface area contributed by atoms with Gasteiger partial charge in [0.05, 0.1) is 6.61 Å². The van der Waals surface area contributed by atoms with E-state index in [1.54, 1.807) is 0 Å². The van der Waals surface area contributed by atoms with E-state index in [2.05, 4.69) is 47.2 Å². The third-order valence-corrected chi connectivity index (χ3v) is 4.66. The van der Waals surface area contributed by atoms with E-state index in [1.165, 1.54) is 31.2 Å². The van der Waals surface area contributed by atoms with Crippen molar-refractivity contribution in [3.05, 3.63) is 28.2 Å². The summed E-state index contributed by atoms with van der Waals surface area (Å²) in [5.41, 5.74) is 1.74. The van der Waals surface area contributed by atoms with Crippen molar-refractivity contribution in [1.82, 2.24) is 5.32 Å². The van der Waals surface area contributed by atoms with Crippen LogP contribution in [0.5, 0.6) is 5.75 Å². The second-order valence-electron chi connectivity index (χ2n) is 6.22. The molecule has 2 rings (SSSR count). The van der Waals surface area contributed by atoms with E-state index in [-0.39, 0.29) is 0 Å². The van der Waals surface area contributed by atoms with Crippen LogP contribution in [0.25, 0.3) is 0 Å². The summed E-state index contributed by atoms with van der Waals surface area (Å²) >= 11 is 3.55. The van der Waals surface area contributed by atoms with E-state index in [0.29, 0.717) is 5.41 Å². The number of ether oxygens (including phenoxy) is 1. The highest BCUT2D eigenvalue weighted by Crippen LogP contribution is 2.36. The monoisotopic (exact) mass is 339 g/mol.